The van der Waals surface area contributed by atoms with E-state index in [0.29, 0.717) is 22.8 Å². The zero-order chi connectivity index (χ0) is 14.1. The number of halogens is 1. The summed E-state index contributed by atoms with van der Waals surface area (Å²) in [6.45, 7) is 1.70. The minimum atomic E-state index is -0.840. The zero-order valence-corrected chi connectivity index (χ0v) is 11.3. The first-order chi connectivity index (χ1) is 9.63. The Labute approximate surface area is 117 Å². The molecule has 0 saturated heterocycles. The van der Waals surface area contributed by atoms with E-state index in [1.54, 1.807) is 19.1 Å². The van der Waals surface area contributed by atoms with Crippen molar-refractivity contribution >= 4 is 0 Å². The zero-order valence-electron chi connectivity index (χ0n) is 11.3. The van der Waals surface area contributed by atoms with Crippen molar-refractivity contribution in [2.24, 2.45) is 0 Å². The maximum absolute atomic E-state index is 13.6. The van der Waals surface area contributed by atoms with Crippen molar-refractivity contribution in [1.29, 1.82) is 0 Å². The van der Waals surface area contributed by atoms with Gasteiger partial charge in [-0.2, -0.15) is 0 Å². The molecule has 2 aromatic rings. The fraction of sp³-hybridized carbons (Fsp3) is 0.294. The summed E-state index contributed by atoms with van der Waals surface area (Å²) >= 11 is 0. The molecule has 1 aliphatic rings. The largest absolute Gasteiger partial charge is 0.490 e. The highest BCUT2D eigenvalue weighted by Gasteiger charge is 2.23. The third-order valence-electron chi connectivity index (χ3n) is 3.51. The van der Waals surface area contributed by atoms with Crippen LogP contribution in [0.3, 0.4) is 0 Å². The Morgan fingerprint density at radius 1 is 1.15 bits per heavy atom. The van der Waals surface area contributed by atoms with E-state index in [4.69, 9.17) is 4.74 Å². The summed E-state index contributed by atoms with van der Waals surface area (Å²) in [7, 11) is 0. The Balaban J connectivity index is 1.84. The fourth-order valence-corrected chi connectivity index (χ4v) is 2.11. The van der Waals surface area contributed by atoms with Gasteiger partial charge in [-0.1, -0.05) is 24.3 Å². The predicted octanol–water partition coefficient (Wildman–Crippen LogP) is 3.76. The van der Waals surface area contributed by atoms with Crippen LogP contribution in [0.2, 0.25) is 0 Å². The molecule has 2 nitrogen and oxygen atoms in total. The van der Waals surface area contributed by atoms with E-state index in [2.05, 4.69) is 0 Å². The third-order valence-corrected chi connectivity index (χ3v) is 3.51. The van der Waals surface area contributed by atoms with Crippen molar-refractivity contribution < 1.29 is 14.2 Å². The van der Waals surface area contributed by atoms with Gasteiger partial charge in [0.25, 0.3) is 0 Å². The molecule has 0 amide bonds. The van der Waals surface area contributed by atoms with Crippen LogP contribution >= 0.6 is 0 Å². The van der Waals surface area contributed by atoms with Gasteiger partial charge in [-0.3, -0.25) is 0 Å². The van der Waals surface area contributed by atoms with Gasteiger partial charge in [0.05, 0.1) is 6.10 Å². The summed E-state index contributed by atoms with van der Waals surface area (Å²) in [6.07, 6.45) is 1.67. The van der Waals surface area contributed by atoms with E-state index in [-0.39, 0.29) is 5.82 Å². The molecule has 104 valence electrons. The van der Waals surface area contributed by atoms with Gasteiger partial charge in [0, 0.05) is 0 Å². The molecule has 3 heteroatoms. The summed E-state index contributed by atoms with van der Waals surface area (Å²) < 4.78 is 19.3. The second-order valence-corrected chi connectivity index (χ2v) is 5.30. The molecule has 2 aromatic carbocycles. The molecule has 1 aliphatic carbocycles. The van der Waals surface area contributed by atoms with Crippen LogP contribution in [-0.2, 0) is 0 Å². The topological polar surface area (TPSA) is 29.5 Å². The predicted molar refractivity (Wildman–Crippen MR) is 75.3 cm³/mol. The number of rotatable bonds is 4. The minimum absolute atomic E-state index is 0.299. The lowest BCUT2D eigenvalue weighted by Crippen LogP contribution is -2.02. The summed E-state index contributed by atoms with van der Waals surface area (Å²) in [5.74, 6) is 0.462. The number of aryl methyl sites for hydroxylation is 1. The van der Waals surface area contributed by atoms with Gasteiger partial charge in [0.15, 0.2) is 0 Å². The number of aliphatic hydroxyl groups excluding tert-OH is 1. The average Bonchev–Trinajstić information content (AvgIpc) is 3.25. The number of aliphatic hydroxyl groups is 1. The summed E-state index contributed by atoms with van der Waals surface area (Å²) in [6, 6.07) is 12.2. The van der Waals surface area contributed by atoms with Crippen LogP contribution < -0.4 is 4.74 Å². The summed E-state index contributed by atoms with van der Waals surface area (Å²) in [4.78, 5) is 0. The Hall–Kier alpha value is -1.87. The SMILES string of the molecule is Cc1ccc(C(O)c2cccc(OC3CC3)c2)cc1F. The molecule has 1 fully saturated rings. The van der Waals surface area contributed by atoms with E-state index < -0.39 is 6.10 Å². The highest BCUT2D eigenvalue weighted by molar-refractivity contribution is 5.36. The molecule has 1 saturated carbocycles. The van der Waals surface area contributed by atoms with Crippen molar-refractivity contribution in [3.05, 3.63) is 65.0 Å². The van der Waals surface area contributed by atoms with Crippen LogP contribution in [0.25, 0.3) is 0 Å². The van der Waals surface area contributed by atoms with E-state index in [9.17, 15) is 9.50 Å². The van der Waals surface area contributed by atoms with Gasteiger partial charge >= 0.3 is 0 Å². The highest BCUT2D eigenvalue weighted by Crippen LogP contribution is 2.30. The molecule has 0 bridgehead atoms. The van der Waals surface area contributed by atoms with Gasteiger partial charge in [-0.05, 0) is 54.7 Å². The Morgan fingerprint density at radius 2 is 1.90 bits per heavy atom. The average molecular weight is 272 g/mol. The van der Waals surface area contributed by atoms with Gasteiger partial charge in [0.1, 0.15) is 17.7 Å². The molecule has 0 heterocycles. The van der Waals surface area contributed by atoms with Crippen molar-refractivity contribution in [1.82, 2.24) is 0 Å². The molecule has 0 aromatic heterocycles. The van der Waals surface area contributed by atoms with Gasteiger partial charge in [-0.25, -0.2) is 4.39 Å². The summed E-state index contributed by atoms with van der Waals surface area (Å²) in [5, 5.41) is 10.4. The molecule has 1 N–H and O–H groups in total. The molecule has 20 heavy (non-hydrogen) atoms. The smallest absolute Gasteiger partial charge is 0.126 e. The lowest BCUT2D eigenvalue weighted by atomic mass is 10.00. The molecule has 1 atom stereocenters. The second kappa shape index (κ2) is 5.25. The first kappa shape index (κ1) is 13.1. The number of hydrogen-bond donors (Lipinski definition) is 1. The molecule has 3 rings (SSSR count). The van der Waals surface area contributed by atoms with Crippen LogP contribution in [0.15, 0.2) is 42.5 Å². The van der Waals surface area contributed by atoms with Crippen LogP contribution in [-0.4, -0.2) is 11.2 Å². The maximum atomic E-state index is 13.6. The Bertz CT molecular complexity index is 620. The highest BCUT2D eigenvalue weighted by atomic mass is 19.1. The molecule has 1 unspecified atom stereocenters. The van der Waals surface area contributed by atoms with Crippen LogP contribution in [0, 0.1) is 12.7 Å². The lowest BCUT2D eigenvalue weighted by Gasteiger charge is -2.14. The fourth-order valence-electron chi connectivity index (χ4n) is 2.11. The quantitative estimate of drug-likeness (QED) is 0.918. The van der Waals surface area contributed by atoms with Crippen molar-refractivity contribution in [2.75, 3.05) is 0 Å². The molecule has 0 radical (unpaired) electrons. The molecular formula is C17H17FO2. The van der Waals surface area contributed by atoms with Gasteiger partial charge in [0.2, 0.25) is 0 Å². The first-order valence-electron chi connectivity index (χ1n) is 6.84. The number of benzene rings is 2. The van der Waals surface area contributed by atoms with Crippen molar-refractivity contribution in [2.45, 2.75) is 32.0 Å². The molecule has 0 spiro atoms. The molecular weight excluding hydrogens is 255 g/mol. The van der Waals surface area contributed by atoms with E-state index in [1.807, 2.05) is 24.3 Å². The number of hydrogen-bond acceptors (Lipinski definition) is 2. The standard InChI is InChI=1S/C17H17FO2/c1-11-5-6-13(10-16(11)18)17(19)12-3-2-4-15(9-12)20-14-7-8-14/h2-6,9-10,14,17,19H,7-8H2,1H3. The molecule has 0 aliphatic heterocycles. The summed E-state index contributed by atoms with van der Waals surface area (Å²) in [5.41, 5.74) is 1.84. The van der Waals surface area contributed by atoms with Crippen molar-refractivity contribution in [3.63, 3.8) is 0 Å². The van der Waals surface area contributed by atoms with Gasteiger partial charge in [-0.15, -0.1) is 0 Å². The Kier molecular flexibility index (Phi) is 3.45. The lowest BCUT2D eigenvalue weighted by molar-refractivity contribution is 0.218. The van der Waals surface area contributed by atoms with E-state index in [1.165, 1.54) is 6.07 Å². The first-order valence-corrected chi connectivity index (χ1v) is 6.84. The third kappa shape index (κ3) is 2.83. The Morgan fingerprint density at radius 3 is 2.60 bits per heavy atom. The second-order valence-electron chi connectivity index (χ2n) is 5.30. The normalized spacial score (nSPS) is 15.9. The van der Waals surface area contributed by atoms with Crippen LogP contribution in [0.5, 0.6) is 5.75 Å². The van der Waals surface area contributed by atoms with E-state index >= 15 is 0 Å². The minimum Gasteiger partial charge on any atom is -0.490 e. The monoisotopic (exact) mass is 272 g/mol. The van der Waals surface area contributed by atoms with Gasteiger partial charge < -0.3 is 9.84 Å². The van der Waals surface area contributed by atoms with E-state index in [0.717, 1.165) is 18.6 Å². The van der Waals surface area contributed by atoms with Crippen LogP contribution in [0.4, 0.5) is 4.39 Å². The maximum Gasteiger partial charge on any atom is 0.126 e. The number of ether oxygens (including phenoxy) is 1. The van der Waals surface area contributed by atoms with Crippen molar-refractivity contribution in [3.8, 4) is 5.75 Å². The van der Waals surface area contributed by atoms with Crippen LogP contribution in [0.1, 0.15) is 35.6 Å².